The first-order valence-corrected chi connectivity index (χ1v) is 14.0. The molecule has 1 heterocycles. The van der Waals surface area contributed by atoms with Crippen LogP contribution in [0.5, 0.6) is 5.75 Å². The Morgan fingerprint density at radius 3 is 2.35 bits per heavy atom. The molecule has 1 atom stereocenters. The van der Waals surface area contributed by atoms with Gasteiger partial charge in [-0.25, -0.2) is 21.2 Å². The lowest BCUT2D eigenvalue weighted by atomic mass is 10.2. The number of carbonyl (C=O) groups excluding carboxylic acids is 1. The molecule has 1 aliphatic rings. The Kier molecular flexibility index (Phi) is 8.16. The van der Waals surface area contributed by atoms with E-state index >= 15 is 0 Å². The maximum Gasteiger partial charge on any atom is 0.243 e. The number of anilines is 1. The van der Waals surface area contributed by atoms with Crippen molar-refractivity contribution in [3.05, 3.63) is 54.3 Å². The fourth-order valence-corrected chi connectivity index (χ4v) is 6.38. The molecule has 0 radical (unpaired) electrons. The van der Waals surface area contributed by atoms with Crippen LogP contribution in [0.1, 0.15) is 19.8 Å². The molecule has 1 N–H and O–H groups in total. The molecule has 186 valence electrons. The Bertz CT molecular complexity index is 1210. The van der Waals surface area contributed by atoms with Gasteiger partial charge in [0, 0.05) is 13.1 Å². The maximum atomic E-state index is 13.6. The van der Waals surface area contributed by atoms with Crippen LogP contribution < -0.4 is 14.4 Å². The Morgan fingerprint density at radius 1 is 1.12 bits per heavy atom. The summed E-state index contributed by atoms with van der Waals surface area (Å²) in [5.41, 5.74) is 0.0466. The summed E-state index contributed by atoms with van der Waals surface area (Å²) in [5, 5.41) is 2.60. The van der Waals surface area contributed by atoms with Gasteiger partial charge in [0.2, 0.25) is 26.0 Å². The molecule has 0 unspecified atom stereocenters. The van der Waals surface area contributed by atoms with Gasteiger partial charge in [-0.2, -0.15) is 4.31 Å². The molecule has 2 aromatic carbocycles. The largest absolute Gasteiger partial charge is 0.492 e. The summed E-state index contributed by atoms with van der Waals surface area (Å²) >= 11 is 0. The molecule has 2 aromatic rings. The molecule has 1 saturated heterocycles. The van der Waals surface area contributed by atoms with Crippen LogP contribution in [-0.4, -0.2) is 65.6 Å². The minimum absolute atomic E-state index is 0.0466. The maximum absolute atomic E-state index is 13.6. The molecule has 12 heteroatoms. The Labute approximate surface area is 199 Å². The molecule has 34 heavy (non-hydrogen) atoms. The Hall–Kier alpha value is -2.70. The van der Waals surface area contributed by atoms with Gasteiger partial charge in [-0.05, 0) is 62.2 Å². The summed E-state index contributed by atoms with van der Waals surface area (Å²) in [6, 6.07) is 9.92. The molecule has 1 aliphatic heterocycles. The zero-order valence-electron chi connectivity index (χ0n) is 19.0. The van der Waals surface area contributed by atoms with Crippen LogP contribution in [0.15, 0.2) is 53.4 Å². The Morgan fingerprint density at radius 2 is 1.76 bits per heavy atom. The van der Waals surface area contributed by atoms with Crippen LogP contribution in [0.25, 0.3) is 0 Å². The lowest BCUT2D eigenvalue weighted by Crippen LogP contribution is -2.48. The molecule has 1 amide bonds. The van der Waals surface area contributed by atoms with E-state index in [2.05, 4.69) is 5.32 Å². The number of nitrogens with zero attached hydrogens (tertiary/aromatic N) is 2. The van der Waals surface area contributed by atoms with E-state index < -0.39 is 37.8 Å². The smallest absolute Gasteiger partial charge is 0.243 e. The van der Waals surface area contributed by atoms with Crippen molar-refractivity contribution in [3.63, 3.8) is 0 Å². The van der Waals surface area contributed by atoms with Crippen molar-refractivity contribution < 1.29 is 30.8 Å². The van der Waals surface area contributed by atoms with Gasteiger partial charge in [-0.15, -0.1) is 0 Å². The van der Waals surface area contributed by atoms with Gasteiger partial charge in [0.1, 0.15) is 24.2 Å². The number of ether oxygens (including phenoxy) is 1. The van der Waals surface area contributed by atoms with E-state index in [9.17, 15) is 26.0 Å². The molecule has 0 saturated carbocycles. The molecular weight excluding hydrogens is 485 g/mol. The summed E-state index contributed by atoms with van der Waals surface area (Å²) < 4.78 is 71.1. The van der Waals surface area contributed by atoms with E-state index in [1.54, 1.807) is 12.1 Å². The van der Waals surface area contributed by atoms with Crippen LogP contribution in [0, 0.1) is 5.82 Å². The molecule has 0 spiro atoms. The summed E-state index contributed by atoms with van der Waals surface area (Å²) in [7, 11) is -7.36. The molecular formula is C22H28FN3O6S2. The first kappa shape index (κ1) is 25.9. The fraction of sp³-hybridized carbons (Fsp3) is 0.409. The highest BCUT2D eigenvalue weighted by Crippen LogP contribution is 2.23. The molecule has 0 aliphatic carbocycles. The quantitative estimate of drug-likeness (QED) is 0.486. The van der Waals surface area contributed by atoms with Crippen molar-refractivity contribution in [3.8, 4) is 5.75 Å². The molecule has 3 rings (SSSR count). The van der Waals surface area contributed by atoms with Crippen molar-refractivity contribution in [2.45, 2.75) is 30.7 Å². The SMILES string of the molecule is C[C@@H](C(=O)NCCOc1ccc(S(=O)(=O)N2CCCC2)cc1)N(c1cccc(F)c1)S(C)(=O)=O. The van der Waals surface area contributed by atoms with Gasteiger partial charge in [0.05, 0.1) is 23.4 Å². The van der Waals surface area contributed by atoms with Crippen molar-refractivity contribution >= 4 is 31.6 Å². The topological polar surface area (TPSA) is 113 Å². The zero-order valence-corrected chi connectivity index (χ0v) is 20.6. The van der Waals surface area contributed by atoms with Gasteiger partial charge < -0.3 is 10.1 Å². The highest BCUT2D eigenvalue weighted by atomic mass is 32.2. The number of benzene rings is 2. The van der Waals surface area contributed by atoms with Crippen molar-refractivity contribution in [2.75, 3.05) is 36.8 Å². The van der Waals surface area contributed by atoms with Crippen LogP contribution >= 0.6 is 0 Å². The summed E-state index contributed by atoms with van der Waals surface area (Å²) in [5.74, 6) is -0.767. The van der Waals surface area contributed by atoms with Gasteiger partial charge >= 0.3 is 0 Å². The van der Waals surface area contributed by atoms with Gasteiger partial charge in [0.25, 0.3) is 0 Å². The average Bonchev–Trinajstić information content (AvgIpc) is 3.32. The van der Waals surface area contributed by atoms with Crippen LogP contribution in [0.2, 0.25) is 0 Å². The number of amides is 1. The normalized spacial score (nSPS) is 15.6. The minimum atomic E-state index is -3.85. The highest BCUT2D eigenvalue weighted by molar-refractivity contribution is 7.92. The van der Waals surface area contributed by atoms with E-state index in [1.807, 2.05) is 0 Å². The first-order valence-electron chi connectivity index (χ1n) is 10.8. The zero-order chi connectivity index (χ0) is 24.9. The number of hydrogen-bond donors (Lipinski definition) is 1. The van der Waals surface area contributed by atoms with E-state index in [4.69, 9.17) is 4.74 Å². The number of rotatable bonds is 10. The van der Waals surface area contributed by atoms with E-state index in [-0.39, 0.29) is 23.7 Å². The van der Waals surface area contributed by atoms with E-state index in [0.717, 1.165) is 29.5 Å². The fourth-order valence-electron chi connectivity index (χ4n) is 3.70. The molecule has 0 bridgehead atoms. The number of halogens is 1. The third kappa shape index (κ3) is 6.24. The first-order chi connectivity index (χ1) is 16.0. The van der Waals surface area contributed by atoms with Crippen molar-refractivity contribution in [2.24, 2.45) is 0 Å². The summed E-state index contributed by atoms with van der Waals surface area (Å²) in [6.07, 6.45) is 2.66. The number of nitrogens with one attached hydrogen (secondary N) is 1. The van der Waals surface area contributed by atoms with Gasteiger partial charge in [0.15, 0.2) is 0 Å². The predicted octanol–water partition coefficient (Wildman–Crippen LogP) is 1.96. The molecule has 0 aromatic heterocycles. The summed E-state index contributed by atoms with van der Waals surface area (Å²) in [6.45, 7) is 2.61. The standard InChI is InChI=1S/C22H28FN3O6S2/c1-17(26(33(2,28)29)19-7-5-6-18(23)16-19)22(27)24-12-15-32-20-8-10-21(11-9-20)34(30,31)25-13-3-4-14-25/h5-11,16-17H,3-4,12-15H2,1-2H3,(H,24,27)/t17-/m0/s1. The minimum Gasteiger partial charge on any atom is -0.492 e. The summed E-state index contributed by atoms with van der Waals surface area (Å²) in [4.78, 5) is 12.7. The van der Waals surface area contributed by atoms with Crippen molar-refractivity contribution in [1.82, 2.24) is 9.62 Å². The second-order valence-electron chi connectivity index (χ2n) is 7.94. The highest BCUT2D eigenvalue weighted by Gasteiger charge is 2.29. The average molecular weight is 514 g/mol. The monoisotopic (exact) mass is 513 g/mol. The van der Waals surface area contributed by atoms with E-state index in [0.29, 0.717) is 18.8 Å². The van der Waals surface area contributed by atoms with E-state index in [1.165, 1.54) is 41.6 Å². The second kappa shape index (κ2) is 10.7. The molecule has 9 nitrogen and oxygen atoms in total. The third-order valence-corrected chi connectivity index (χ3v) is 8.50. The van der Waals surface area contributed by atoms with Gasteiger partial charge in [-0.1, -0.05) is 6.07 Å². The lowest BCUT2D eigenvalue weighted by molar-refractivity contribution is -0.121. The second-order valence-corrected chi connectivity index (χ2v) is 11.7. The molecule has 1 fully saturated rings. The Balaban J connectivity index is 1.54. The lowest BCUT2D eigenvalue weighted by Gasteiger charge is -2.28. The number of carbonyl (C=O) groups is 1. The third-order valence-electron chi connectivity index (χ3n) is 5.35. The van der Waals surface area contributed by atoms with Crippen LogP contribution in [0.4, 0.5) is 10.1 Å². The van der Waals surface area contributed by atoms with Crippen LogP contribution in [0.3, 0.4) is 0 Å². The van der Waals surface area contributed by atoms with Crippen LogP contribution in [-0.2, 0) is 24.8 Å². The predicted molar refractivity (Wildman–Crippen MR) is 126 cm³/mol. The number of sulfonamides is 2. The number of hydrogen-bond acceptors (Lipinski definition) is 6. The van der Waals surface area contributed by atoms with Crippen molar-refractivity contribution in [1.29, 1.82) is 0 Å². The van der Waals surface area contributed by atoms with Gasteiger partial charge in [-0.3, -0.25) is 9.10 Å².